The van der Waals surface area contributed by atoms with E-state index in [0.717, 1.165) is 11.1 Å². The second-order valence-electron chi connectivity index (χ2n) is 5.52. The van der Waals surface area contributed by atoms with Crippen LogP contribution in [0.1, 0.15) is 17.5 Å². The van der Waals surface area contributed by atoms with E-state index in [1.807, 2.05) is 42.5 Å². The third-order valence-electron chi connectivity index (χ3n) is 3.59. The van der Waals surface area contributed by atoms with Gasteiger partial charge in [0, 0.05) is 25.5 Å². The van der Waals surface area contributed by atoms with Gasteiger partial charge in [-0.15, -0.1) is 0 Å². The van der Waals surface area contributed by atoms with Crippen LogP contribution in [-0.4, -0.2) is 34.8 Å². The molecule has 6 heteroatoms. The minimum atomic E-state index is -0.222. The number of benzene rings is 1. The van der Waals surface area contributed by atoms with Gasteiger partial charge in [0.2, 0.25) is 11.8 Å². The Kier molecular flexibility index (Phi) is 7.13. The van der Waals surface area contributed by atoms with E-state index in [0.29, 0.717) is 13.1 Å². The average Bonchev–Trinajstić information content (AvgIpc) is 2.65. The van der Waals surface area contributed by atoms with Gasteiger partial charge in [0.25, 0.3) is 0 Å². The first-order chi connectivity index (χ1) is 12.2. The number of nitrogens with zero attached hydrogens (tertiary/aromatic N) is 3. The highest BCUT2D eigenvalue weighted by molar-refractivity contribution is 5.85. The zero-order valence-corrected chi connectivity index (χ0v) is 13.9. The number of hydrogen-bond donors (Lipinski definition) is 1. The summed E-state index contributed by atoms with van der Waals surface area (Å²) in [7, 11) is 0. The van der Waals surface area contributed by atoms with E-state index in [1.54, 1.807) is 23.4 Å². The summed E-state index contributed by atoms with van der Waals surface area (Å²) in [6.07, 6.45) is 3.81. The lowest BCUT2D eigenvalue weighted by Gasteiger charge is -2.21. The van der Waals surface area contributed by atoms with Gasteiger partial charge in [-0.25, -0.2) is 0 Å². The van der Waals surface area contributed by atoms with Crippen LogP contribution in [0, 0.1) is 11.3 Å². The Morgan fingerprint density at radius 3 is 2.56 bits per heavy atom. The van der Waals surface area contributed by atoms with E-state index in [2.05, 4.69) is 10.3 Å². The molecule has 0 radical (unpaired) electrons. The summed E-state index contributed by atoms with van der Waals surface area (Å²) in [5.74, 6) is -0.429. The van der Waals surface area contributed by atoms with Crippen LogP contribution in [0.25, 0.3) is 0 Å². The first-order valence-electron chi connectivity index (χ1n) is 8.03. The van der Waals surface area contributed by atoms with Crippen molar-refractivity contribution >= 4 is 11.8 Å². The van der Waals surface area contributed by atoms with Crippen molar-refractivity contribution in [3.05, 3.63) is 66.0 Å². The summed E-state index contributed by atoms with van der Waals surface area (Å²) in [4.78, 5) is 29.9. The molecule has 2 aromatic rings. The van der Waals surface area contributed by atoms with Crippen molar-refractivity contribution in [2.45, 2.75) is 19.4 Å². The highest BCUT2D eigenvalue weighted by Gasteiger charge is 2.15. The predicted octanol–water partition coefficient (Wildman–Crippen LogP) is 1.68. The zero-order chi connectivity index (χ0) is 17.9. The lowest BCUT2D eigenvalue weighted by Crippen LogP contribution is -2.40. The molecule has 0 bridgehead atoms. The Hall–Kier alpha value is -3.20. The molecule has 2 rings (SSSR count). The molecule has 0 saturated heterocycles. The maximum atomic E-state index is 12.4. The molecule has 128 valence electrons. The Morgan fingerprint density at radius 1 is 1.12 bits per heavy atom. The van der Waals surface area contributed by atoms with Crippen LogP contribution in [0.5, 0.6) is 0 Å². The summed E-state index contributed by atoms with van der Waals surface area (Å²) in [6, 6.07) is 15.1. The molecule has 25 heavy (non-hydrogen) atoms. The maximum absolute atomic E-state index is 12.4. The van der Waals surface area contributed by atoms with Crippen LogP contribution in [0.3, 0.4) is 0 Å². The van der Waals surface area contributed by atoms with Crippen LogP contribution in [0.4, 0.5) is 0 Å². The van der Waals surface area contributed by atoms with Gasteiger partial charge in [-0.1, -0.05) is 36.4 Å². The van der Waals surface area contributed by atoms with E-state index < -0.39 is 0 Å². The van der Waals surface area contributed by atoms with Gasteiger partial charge in [0.1, 0.15) is 0 Å². The Balaban J connectivity index is 1.88. The van der Waals surface area contributed by atoms with Crippen molar-refractivity contribution in [1.82, 2.24) is 15.2 Å². The molecule has 0 aliphatic heterocycles. The largest absolute Gasteiger partial charge is 0.347 e. The van der Waals surface area contributed by atoms with Gasteiger partial charge in [-0.05, 0) is 17.2 Å². The predicted molar refractivity (Wildman–Crippen MR) is 93.0 cm³/mol. The third kappa shape index (κ3) is 6.43. The maximum Gasteiger partial charge on any atom is 0.242 e. The summed E-state index contributed by atoms with van der Waals surface area (Å²) >= 11 is 0. The SMILES string of the molecule is N#CCCN(Cc1cccnc1)C(=O)CNC(=O)Cc1ccccc1. The van der Waals surface area contributed by atoms with Crippen molar-refractivity contribution in [3.8, 4) is 6.07 Å². The Bertz CT molecular complexity index is 726. The van der Waals surface area contributed by atoms with Crippen molar-refractivity contribution in [2.75, 3.05) is 13.1 Å². The molecule has 0 aliphatic carbocycles. The molecule has 0 unspecified atom stereocenters. The summed E-state index contributed by atoms with van der Waals surface area (Å²) in [6.45, 7) is 0.596. The number of nitriles is 1. The molecule has 1 heterocycles. The van der Waals surface area contributed by atoms with Crippen LogP contribution in [0.2, 0.25) is 0 Å². The standard InChI is InChI=1S/C19H20N4O2/c20-9-5-11-23(15-17-8-4-10-21-13-17)19(25)14-22-18(24)12-16-6-2-1-3-7-16/h1-4,6-8,10,13H,5,11-12,14-15H2,(H,22,24). The van der Waals surface area contributed by atoms with Gasteiger partial charge in [0.15, 0.2) is 0 Å². The number of pyridine rings is 1. The van der Waals surface area contributed by atoms with E-state index >= 15 is 0 Å². The highest BCUT2D eigenvalue weighted by atomic mass is 16.2. The van der Waals surface area contributed by atoms with E-state index in [-0.39, 0.29) is 31.2 Å². The molecule has 0 atom stereocenters. The number of carbonyl (C=O) groups excluding carboxylic acids is 2. The first kappa shape index (κ1) is 18.1. The minimum Gasteiger partial charge on any atom is -0.347 e. The molecule has 1 aromatic carbocycles. The van der Waals surface area contributed by atoms with Crippen molar-refractivity contribution in [1.29, 1.82) is 5.26 Å². The number of aromatic nitrogens is 1. The fourth-order valence-corrected chi connectivity index (χ4v) is 2.32. The number of hydrogen-bond acceptors (Lipinski definition) is 4. The molecule has 0 aliphatic rings. The first-order valence-corrected chi connectivity index (χ1v) is 8.03. The lowest BCUT2D eigenvalue weighted by molar-refractivity contribution is -0.133. The van der Waals surface area contributed by atoms with Crippen LogP contribution in [-0.2, 0) is 22.6 Å². The van der Waals surface area contributed by atoms with Crippen molar-refractivity contribution in [2.24, 2.45) is 0 Å². The number of amides is 2. The molecule has 1 N–H and O–H groups in total. The Labute approximate surface area is 147 Å². The van der Waals surface area contributed by atoms with E-state index in [1.165, 1.54) is 0 Å². The summed E-state index contributed by atoms with van der Waals surface area (Å²) in [5, 5.41) is 11.4. The molecule has 0 saturated carbocycles. The smallest absolute Gasteiger partial charge is 0.242 e. The van der Waals surface area contributed by atoms with Gasteiger partial charge in [-0.3, -0.25) is 14.6 Å². The average molecular weight is 336 g/mol. The molecule has 2 amide bonds. The highest BCUT2D eigenvalue weighted by Crippen LogP contribution is 2.04. The van der Waals surface area contributed by atoms with Crippen molar-refractivity contribution < 1.29 is 9.59 Å². The normalized spacial score (nSPS) is 9.88. The molecule has 6 nitrogen and oxygen atoms in total. The van der Waals surface area contributed by atoms with Crippen molar-refractivity contribution in [3.63, 3.8) is 0 Å². The second kappa shape index (κ2) is 9.83. The lowest BCUT2D eigenvalue weighted by atomic mass is 10.1. The molecule has 1 aromatic heterocycles. The zero-order valence-electron chi connectivity index (χ0n) is 13.9. The number of nitrogens with one attached hydrogen (secondary N) is 1. The molecular formula is C19H20N4O2. The molecular weight excluding hydrogens is 316 g/mol. The summed E-state index contributed by atoms with van der Waals surface area (Å²) in [5.41, 5.74) is 1.77. The molecule has 0 fully saturated rings. The fraction of sp³-hybridized carbons (Fsp3) is 0.263. The quantitative estimate of drug-likeness (QED) is 0.795. The van der Waals surface area contributed by atoms with E-state index in [9.17, 15) is 9.59 Å². The third-order valence-corrected chi connectivity index (χ3v) is 3.59. The fourth-order valence-electron chi connectivity index (χ4n) is 2.32. The van der Waals surface area contributed by atoms with Gasteiger partial charge in [-0.2, -0.15) is 5.26 Å². The number of carbonyl (C=O) groups is 2. The Morgan fingerprint density at radius 2 is 1.88 bits per heavy atom. The second-order valence-corrected chi connectivity index (χ2v) is 5.52. The van der Waals surface area contributed by atoms with Gasteiger partial charge < -0.3 is 10.2 Å². The molecule has 0 spiro atoms. The van der Waals surface area contributed by atoms with Crippen LogP contribution >= 0.6 is 0 Å². The van der Waals surface area contributed by atoms with Gasteiger partial charge in [0.05, 0.1) is 25.5 Å². The van der Waals surface area contributed by atoms with Crippen LogP contribution in [0.15, 0.2) is 54.9 Å². The van der Waals surface area contributed by atoms with Crippen LogP contribution < -0.4 is 5.32 Å². The topological polar surface area (TPSA) is 86.1 Å². The van der Waals surface area contributed by atoms with Gasteiger partial charge >= 0.3 is 0 Å². The number of rotatable bonds is 8. The monoisotopic (exact) mass is 336 g/mol. The summed E-state index contributed by atoms with van der Waals surface area (Å²) < 4.78 is 0. The minimum absolute atomic E-state index is 0.0860. The van der Waals surface area contributed by atoms with E-state index in [4.69, 9.17) is 5.26 Å².